The molecule has 0 amide bonds. The van der Waals surface area contributed by atoms with Crippen LogP contribution in [0.15, 0.2) is 54.9 Å². The van der Waals surface area contributed by atoms with Gasteiger partial charge in [-0.1, -0.05) is 24.3 Å². The minimum atomic E-state index is -0.894. The van der Waals surface area contributed by atoms with Crippen molar-refractivity contribution in [3.63, 3.8) is 0 Å². The lowest BCUT2D eigenvalue weighted by Crippen LogP contribution is -2.29. The van der Waals surface area contributed by atoms with Crippen molar-refractivity contribution in [2.45, 2.75) is 6.04 Å². The van der Waals surface area contributed by atoms with Crippen molar-refractivity contribution in [1.82, 2.24) is 10.4 Å². The van der Waals surface area contributed by atoms with E-state index < -0.39 is 17.7 Å². The van der Waals surface area contributed by atoms with Crippen LogP contribution < -0.4 is 11.3 Å². The van der Waals surface area contributed by atoms with Gasteiger partial charge in [0.2, 0.25) is 0 Å². The molecule has 0 spiro atoms. The van der Waals surface area contributed by atoms with E-state index in [4.69, 9.17) is 5.84 Å². The van der Waals surface area contributed by atoms with Gasteiger partial charge in [0.1, 0.15) is 0 Å². The third-order valence-electron chi connectivity index (χ3n) is 3.47. The molecule has 0 saturated carbocycles. The molecule has 0 saturated heterocycles. The van der Waals surface area contributed by atoms with Crippen LogP contribution in [0.25, 0.3) is 10.8 Å². The molecule has 21 heavy (non-hydrogen) atoms. The molecule has 3 rings (SSSR count). The topological polar surface area (TPSA) is 50.9 Å². The number of nitrogens with zero attached hydrogens (tertiary/aromatic N) is 1. The highest BCUT2D eigenvalue weighted by molar-refractivity contribution is 5.85. The maximum Gasteiger partial charge on any atom is 0.159 e. The fourth-order valence-corrected chi connectivity index (χ4v) is 2.46. The van der Waals surface area contributed by atoms with Crippen LogP contribution >= 0.6 is 0 Å². The summed E-state index contributed by atoms with van der Waals surface area (Å²) in [6, 6.07) is 10.9. The molecule has 3 nitrogen and oxygen atoms in total. The Morgan fingerprint density at radius 2 is 1.90 bits per heavy atom. The number of fused-ring (bicyclic) bond motifs is 1. The van der Waals surface area contributed by atoms with Crippen molar-refractivity contribution in [2.24, 2.45) is 5.84 Å². The van der Waals surface area contributed by atoms with E-state index in [1.807, 2.05) is 24.3 Å². The third kappa shape index (κ3) is 2.49. The first kappa shape index (κ1) is 13.6. The largest absolute Gasteiger partial charge is 0.271 e. The minimum absolute atomic E-state index is 0.439. The first-order chi connectivity index (χ1) is 10.2. The van der Waals surface area contributed by atoms with Gasteiger partial charge in [-0.2, -0.15) is 0 Å². The second-order valence-corrected chi connectivity index (χ2v) is 4.72. The van der Waals surface area contributed by atoms with Gasteiger partial charge in [-0.15, -0.1) is 0 Å². The Labute approximate surface area is 120 Å². The molecule has 0 fully saturated rings. The predicted molar refractivity (Wildman–Crippen MR) is 77.3 cm³/mol. The average molecular weight is 285 g/mol. The van der Waals surface area contributed by atoms with E-state index in [9.17, 15) is 8.78 Å². The summed E-state index contributed by atoms with van der Waals surface area (Å²) >= 11 is 0. The molecule has 0 aliphatic heterocycles. The number of rotatable bonds is 3. The first-order valence-electron chi connectivity index (χ1n) is 6.44. The smallest absolute Gasteiger partial charge is 0.159 e. The quantitative estimate of drug-likeness (QED) is 0.574. The zero-order chi connectivity index (χ0) is 14.8. The van der Waals surface area contributed by atoms with Crippen molar-refractivity contribution < 1.29 is 8.78 Å². The molecule has 0 bridgehead atoms. The Morgan fingerprint density at radius 1 is 1.05 bits per heavy atom. The number of hydrogen-bond acceptors (Lipinski definition) is 3. The zero-order valence-electron chi connectivity index (χ0n) is 11.1. The molecule has 0 radical (unpaired) electrons. The van der Waals surface area contributed by atoms with Crippen molar-refractivity contribution >= 4 is 10.8 Å². The molecular weight excluding hydrogens is 272 g/mol. The van der Waals surface area contributed by atoms with Crippen LogP contribution in [0, 0.1) is 11.6 Å². The second-order valence-electron chi connectivity index (χ2n) is 4.72. The van der Waals surface area contributed by atoms with Gasteiger partial charge in [0.15, 0.2) is 11.6 Å². The average Bonchev–Trinajstić information content (AvgIpc) is 2.52. The van der Waals surface area contributed by atoms with Gasteiger partial charge < -0.3 is 0 Å². The lowest BCUT2D eigenvalue weighted by molar-refractivity contribution is 0.504. The fraction of sp³-hybridized carbons (Fsp3) is 0.0625. The Morgan fingerprint density at radius 3 is 2.67 bits per heavy atom. The number of pyridine rings is 1. The van der Waals surface area contributed by atoms with Crippen molar-refractivity contribution in [2.75, 3.05) is 0 Å². The summed E-state index contributed by atoms with van der Waals surface area (Å²) in [4.78, 5) is 4.08. The van der Waals surface area contributed by atoms with Crippen LogP contribution in [-0.4, -0.2) is 4.98 Å². The third-order valence-corrected chi connectivity index (χ3v) is 3.47. The van der Waals surface area contributed by atoms with Gasteiger partial charge in [0.25, 0.3) is 0 Å². The Kier molecular flexibility index (Phi) is 3.60. The molecular formula is C16H13F2N3. The highest BCUT2D eigenvalue weighted by Crippen LogP contribution is 2.28. The molecule has 0 aliphatic rings. The summed E-state index contributed by atoms with van der Waals surface area (Å²) < 4.78 is 26.5. The second kappa shape index (κ2) is 5.55. The number of nitrogens with one attached hydrogen (secondary N) is 1. The minimum Gasteiger partial charge on any atom is -0.271 e. The van der Waals surface area contributed by atoms with E-state index in [1.54, 1.807) is 12.4 Å². The lowest BCUT2D eigenvalue weighted by Gasteiger charge is -2.19. The number of benzene rings is 2. The zero-order valence-corrected chi connectivity index (χ0v) is 11.1. The maximum atomic E-state index is 13.5. The summed E-state index contributed by atoms with van der Waals surface area (Å²) in [5, 5.41) is 1.91. The van der Waals surface area contributed by atoms with Gasteiger partial charge in [-0.25, -0.2) is 14.2 Å². The highest BCUT2D eigenvalue weighted by atomic mass is 19.2. The Bertz CT molecular complexity index is 784. The summed E-state index contributed by atoms with van der Waals surface area (Å²) in [5.74, 6) is 3.86. The highest BCUT2D eigenvalue weighted by Gasteiger charge is 2.16. The summed E-state index contributed by atoms with van der Waals surface area (Å²) in [6.45, 7) is 0. The molecule has 106 valence electrons. The SMILES string of the molecule is NNC(c1ccc(F)c(F)c1)c1cccc2cnccc12. The van der Waals surface area contributed by atoms with E-state index in [0.717, 1.165) is 28.5 Å². The monoisotopic (exact) mass is 285 g/mol. The number of hydrogen-bond donors (Lipinski definition) is 2. The number of nitrogens with two attached hydrogens (primary N) is 1. The van der Waals surface area contributed by atoms with Gasteiger partial charge >= 0.3 is 0 Å². The van der Waals surface area contributed by atoms with Crippen molar-refractivity contribution in [1.29, 1.82) is 0 Å². The van der Waals surface area contributed by atoms with Crippen LogP contribution in [0.4, 0.5) is 8.78 Å². The molecule has 1 heterocycles. The summed E-state index contributed by atoms with van der Waals surface area (Å²) in [7, 11) is 0. The molecule has 3 N–H and O–H groups in total. The van der Waals surface area contributed by atoms with E-state index in [0.29, 0.717) is 5.56 Å². The number of hydrazine groups is 1. The molecule has 3 aromatic rings. The number of halogens is 2. The van der Waals surface area contributed by atoms with Crippen LogP contribution in [0.5, 0.6) is 0 Å². The normalized spacial score (nSPS) is 12.5. The summed E-state index contributed by atoms with van der Waals surface area (Å²) in [5.41, 5.74) is 4.10. The molecule has 1 atom stereocenters. The maximum absolute atomic E-state index is 13.5. The van der Waals surface area contributed by atoms with Crippen LogP contribution in [0.3, 0.4) is 0 Å². The fourth-order valence-electron chi connectivity index (χ4n) is 2.46. The first-order valence-corrected chi connectivity index (χ1v) is 6.44. The lowest BCUT2D eigenvalue weighted by atomic mass is 9.95. The Hall–Kier alpha value is -2.37. The molecule has 1 aromatic heterocycles. The van der Waals surface area contributed by atoms with Gasteiger partial charge in [-0.05, 0) is 34.7 Å². The Balaban J connectivity index is 2.16. The number of aromatic nitrogens is 1. The van der Waals surface area contributed by atoms with E-state index in [2.05, 4.69) is 10.4 Å². The van der Waals surface area contributed by atoms with Gasteiger partial charge in [-0.3, -0.25) is 10.8 Å². The van der Waals surface area contributed by atoms with Gasteiger partial charge in [0.05, 0.1) is 6.04 Å². The molecule has 0 aliphatic carbocycles. The van der Waals surface area contributed by atoms with E-state index in [1.165, 1.54) is 6.07 Å². The molecule has 5 heteroatoms. The van der Waals surface area contributed by atoms with Crippen LogP contribution in [0.2, 0.25) is 0 Å². The van der Waals surface area contributed by atoms with Gasteiger partial charge in [0, 0.05) is 17.8 Å². The molecule has 2 aromatic carbocycles. The predicted octanol–water partition coefficient (Wildman–Crippen LogP) is 3.07. The van der Waals surface area contributed by atoms with E-state index in [-0.39, 0.29) is 0 Å². The standard InChI is InChI=1S/C16H13F2N3/c17-14-5-4-10(8-15(14)18)16(21-19)13-3-1-2-11-9-20-7-6-12(11)13/h1-9,16,21H,19H2. The van der Waals surface area contributed by atoms with Crippen molar-refractivity contribution in [3.05, 3.63) is 77.6 Å². The van der Waals surface area contributed by atoms with Crippen LogP contribution in [-0.2, 0) is 0 Å². The van der Waals surface area contributed by atoms with Crippen LogP contribution in [0.1, 0.15) is 17.2 Å². The van der Waals surface area contributed by atoms with E-state index >= 15 is 0 Å². The molecule has 1 unspecified atom stereocenters. The summed E-state index contributed by atoms with van der Waals surface area (Å²) in [6.07, 6.45) is 3.43. The van der Waals surface area contributed by atoms with Crippen molar-refractivity contribution in [3.8, 4) is 0 Å².